The van der Waals surface area contributed by atoms with E-state index in [4.69, 9.17) is 10.8 Å². The first-order valence-electron chi connectivity index (χ1n) is 8.65. The highest BCUT2D eigenvalue weighted by molar-refractivity contribution is 5.95. The standard InChI is InChI=1S/C18H22FN3O3/c1-9-15-12(17(24)14(20)18(25)22(15)11-2-3-11)6-13(19)16(9)21-7-10(8-21)4-5-23/h6,10-11,23-24H,2-5,7-8,20H2,1H3. The fourth-order valence-electron chi connectivity index (χ4n) is 3.91. The Morgan fingerprint density at radius 2 is 2.04 bits per heavy atom. The van der Waals surface area contributed by atoms with Crippen molar-refractivity contribution in [1.29, 1.82) is 0 Å². The first kappa shape index (κ1) is 16.2. The second-order valence-electron chi connectivity index (χ2n) is 7.18. The lowest BCUT2D eigenvalue weighted by Gasteiger charge is -2.42. The summed E-state index contributed by atoms with van der Waals surface area (Å²) < 4.78 is 16.4. The zero-order chi connectivity index (χ0) is 17.9. The number of hydrogen-bond acceptors (Lipinski definition) is 5. The molecule has 0 atom stereocenters. The van der Waals surface area contributed by atoms with Gasteiger partial charge in [0.05, 0.1) is 11.2 Å². The summed E-state index contributed by atoms with van der Waals surface area (Å²) in [4.78, 5) is 14.5. The number of anilines is 2. The molecule has 0 unspecified atom stereocenters. The van der Waals surface area contributed by atoms with Crippen molar-refractivity contribution in [2.45, 2.75) is 32.2 Å². The molecule has 134 valence electrons. The van der Waals surface area contributed by atoms with Crippen molar-refractivity contribution in [3.8, 4) is 5.75 Å². The first-order valence-corrected chi connectivity index (χ1v) is 8.65. The Bertz CT molecular complexity index is 914. The van der Waals surface area contributed by atoms with E-state index in [9.17, 15) is 14.3 Å². The number of nitrogens with two attached hydrogens (primary N) is 1. The van der Waals surface area contributed by atoms with Crippen LogP contribution in [-0.4, -0.2) is 34.5 Å². The summed E-state index contributed by atoms with van der Waals surface area (Å²) in [7, 11) is 0. The number of aryl methyl sites for hydroxylation is 1. The zero-order valence-electron chi connectivity index (χ0n) is 14.1. The Balaban J connectivity index is 1.91. The molecule has 1 aliphatic carbocycles. The number of aliphatic hydroxyl groups is 1. The van der Waals surface area contributed by atoms with Crippen molar-refractivity contribution < 1.29 is 14.6 Å². The second kappa shape index (κ2) is 5.62. The van der Waals surface area contributed by atoms with Gasteiger partial charge in [0.2, 0.25) is 0 Å². The topological polar surface area (TPSA) is 91.7 Å². The first-order chi connectivity index (χ1) is 11.9. The SMILES string of the molecule is Cc1c(N2CC(CCO)C2)c(F)cc2c(O)c(N)c(=O)n(C3CC3)c12. The number of halogens is 1. The third-order valence-corrected chi connectivity index (χ3v) is 5.39. The van der Waals surface area contributed by atoms with Gasteiger partial charge in [-0.25, -0.2) is 4.39 Å². The van der Waals surface area contributed by atoms with Gasteiger partial charge < -0.3 is 25.4 Å². The molecule has 4 N–H and O–H groups in total. The van der Waals surface area contributed by atoms with Gasteiger partial charge in [0.15, 0.2) is 5.75 Å². The van der Waals surface area contributed by atoms with Crippen LogP contribution < -0.4 is 16.2 Å². The van der Waals surface area contributed by atoms with Crippen molar-refractivity contribution in [1.82, 2.24) is 4.57 Å². The molecule has 0 amide bonds. The molecule has 1 saturated heterocycles. The van der Waals surface area contributed by atoms with Crippen molar-refractivity contribution in [3.05, 3.63) is 27.8 Å². The Morgan fingerprint density at radius 3 is 2.64 bits per heavy atom. The molecule has 0 spiro atoms. The summed E-state index contributed by atoms with van der Waals surface area (Å²) in [5.41, 5.74) is 6.82. The number of nitrogens with zero attached hydrogens (tertiary/aromatic N) is 2. The van der Waals surface area contributed by atoms with Crippen LogP contribution in [0.25, 0.3) is 10.9 Å². The quantitative estimate of drug-likeness (QED) is 0.786. The molecule has 2 fully saturated rings. The number of hydrogen-bond donors (Lipinski definition) is 3. The van der Waals surface area contributed by atoms with Crippen LogP contribution in [0, 0.1) is 18.7 Å². The fourth-order valence-corrected chi connectivity index (χ4v) is 3.91. The van der Waals surface area contributed by atoms with E-state index >= 15 is 0 Å². The minimum absolute atomic E-state index is 0.0634. The van der Waals surface area contributed by atoms with Crippen LogP contribution in [0.2, 0.25) is 0 Å². The Morgan fingerprint density at radius 1 is 1.36 bits per heavy atom. The van der Waals surface area contributed by atoms with E-state index in [0.29, 0.717) is 42.2 Å². The lowest BCUT2D eigenvalue weighted by molar-refractivity contribution is 0.238. The number of nitrogen functional groups attached to an aromatic ring is 1. The number of pyridine rings is 1. The van der Waals surface area contributed by atoms with E-state index < -0.39 is 11.4 Å². The van der Waals surface area contributed by atoms with Crippen LogP contribution in [0.3, 0.4) is 0 Å². The Kier molecular flexibility index (Phi) is 3.64. The predicted molar refractivity (Wildman–Crippen MR) is 94.7 cm³/mol. The maximum Gasteiger partial charge on any atom is 0.278 e. The molecule has 1 aromatic carbocycles. The number of fused-ring (bicyclic) bond motifs is 1. The normalized spacial score (nSPS) is 18.0. The van der Waals surface area contributed by atoms with Crippen LogP contribution in [0.15, 0.2) is 10.9 Å². The highest BCUT2D eigenvalue weighted by Gasteiger charge is 2.33. The van der Waals surface area contributed by atoms with Crippen molar-refractivity contribution in [2.75, 3.05) is 30.3 Å². The Labute approximate surface area is 144 Å². The van der Waals surface area contributed by atoms with Crippen LogP contribution in [0.1, 0.15) is 30.9 Å². The van der Waals surface area contributed by atoms with Gasteiger partial charge in [-0.3, -0.25) is 4.79 Å². The lowest BCUT2D eigenvalue weighted by Crippen LogP contribution is -2.47. The van der Waals surface area contributed by atoms with E-state index in [1.807, 2.05) is 4.90 Å². The average Bonchev–Trinajstić information content (AvgIpc) is 3.36. The van der Waals surface area contributed by atoms with E-state index in [0.717, 1.165) is 12.8 Å². The van der Waals surface area contributed by atoms with Crippen molar-refractivity contribution in [3.63, 3.8) is 0 Å². The molecule has 1 saturated carbocycles. The van der Waals surface area contributed by atoms with Gasteiger partial charge in [-0.1, -0.05) is 0 Å². The highest BCUT2D eigenvalue weighted by atomic mass is 19.1. The van der Waals surface area contributed by atoms with Crippen LogP contribution >= 0.6 is 0 Å². The third-order valence-electron chi connectivity index (χ3n) is 5.39. The van der Waals surface area contributed by atoms with Crippen LogP contribution in [-0.2, 0) is 0 Å². The van der Waals surface area contributed by atoms with Crippen LogP contribution in [0.4, 0.5) is 15.8 Å². The Hall–Kier alpha value is -2.28. The van der Waals surface area contributed by atoms with Gasteiger partial charge in [0.1, 0.15) is 11.5 Å². The predicted octanol–water partition coefficient (Wildman–Crippen LogP) is 1.89. The van der Waals surface area contributed by atoms with Gasteiger partial charge in [0, 0.05) is 31.1 Å². The van der Waals surface area contributed by atoms with Gasteiger partial charge in [-0.05, 0) is 43.7 Å². The molecule has 6 nitrogen and oxygen atoms in total. The number of aromatic nitrogens is 1. The van der Waals surface area contributed by atoms with E-state index in [2.05, 4.69) is 0 Å². The van der Waals surface area contributed by atoms with Crippen LogP contribution in [0.5, 0.6) is 5.75 Å². The number of aliphatic hydroxyl groups excluding tert-OH is 1. The molecule has 2 heterocycles. The summed E-state index contributed by atoms with van der Waals surface area (Å²) >= 11 is 0. The second-order valence-corrected chi connectivity index (χ2v) is 7.18. The molecule has 2 aliphatic rings. The maximum atomic E-state index is 14.8. The summed E-state index contributed by atoms with van der Waals surface area (Å²) in [6.45, 7) is 3.27. The van der Waals surface area contributed by atoms with Gasteiger partial charge in [-0.2, -0.15) is 0 Å². The van der Waals surface area contributed by atoms with Gasteiger partial charge in [0.25, 0.3) is 5.56 Å². The maximum absolute atomic E-state index is 14.8. The summed E-state index contributed by atoms with van der Waals surface area (Å²) in [6.07, 6.45) is 2.47. The van der Waals surface area contributed by atoms with Gasteiger partial charge in [-0.15, -0.1) is 0 Å². The number of aromatic hydroxyl groups is 1. The minimum Gasteiger partial charge on any atom is -0.505 e. The molecule has 7 heteroatoms. The molecular weight excluding hydrogens is 325 g/mol. The van der Waals surface area contributed by atoms with Crippen molar-refractivity contribution in [2.24, 2.45) is 5.92 Å². The molecule has 4 rings (SSSR count). The fraction of sp³-hybridized carbons (Fsp3) is 0.500. The molecule has 1 aromatic heterocycles. The van der Waals surface area contributed by atoms with E-state index in [-0.39, 0.29) is 29.5 Å². The molecule has 0 radical (unpaired) electrons. The molecule has 0 bridgehead atoms. The molecule has 2 aromatic rings. The highest BCUT2D eigenvalue weighted by Crippen LogP contribution is 2.43. The summed E-state index contributed by atoms with van der Waals surface area (Å²) in [5, 5.41) is 19.6. The minimum atomic E-state index is -0.428. The molecular formula is C18H22FN3O3. The zero-order valence-corrected chi connectivity index (χ0v) is 14.1. The number of rotatable bonds is 4. The molecule has 1 aliphatic heterocycles. The lowest BCUT2D eigenvalue weighted by atomic mass is 9.94. The number of benzene rings is 1. The monoisotopic (exact) mass is 347 g/mol. The molecule has 25 heavy (non-hydrogen) atoms. The largest absolute Gasteiger partial charge is 0.505 e. The summed E-state index contributed by atoms with van der Waals surface area (Å²) in [5.74, 6) is -0.416. The third kappa shape index (κ3) is 2.37. The van der Waals surface area contributed by atoms with E-state index in [1.54, 1.807) is 11.5 Å². The van der Waals surface area contributed by atoms with Gasteiger partial charge >= 0.3 is 0 Å². The van der Waals surface area contributed by atoms with Crippen molar-refractivity contribution >= 4 is 22.3 Å². The average molecular weight is 347 g/mol. The summed E-state index contributed by atoms with van der Waals surface area (Å²) in [6, 6.07) is 1.34. The smallest absolute Gasteiger partial charge is 0.278 e. The van der Waals surface area contributed by atoms with E-state index in [1.165, 1.54) is 6.07 Å².